The van der Waals surface area contributed by atoms with Gasteiger partial charge in [-0.25, -0.2) is 0 Å². The summed E-state index contributed by atoms with van der Waals surface area (Å²) in [6, 6.07) is 0. The summed E-state index contributed by atoms with van der Waals surface area (Å²) < 4.78 is 0. The molecule has 0 aromatic heterocycles. The van der Waals surface area contributed by atoms with Crippen molar-refractivity contribution in [1.82, 2.24) is 0 Å². The standard InChI is InChI=1S/C22H36O3/c1-13-11-19-17-6-5-15-12-16(24)7-9-20(15,3)18(17)8-10-21(19,4)22(13,25)14(2)23/h13,15-19,24-25H,5-12H2,1-4H3/t13-,15+,16+,17+,18+,19-,20+,21+,22+/m0/s1. The molecule has 3 nitrogen and oxygen atoms in total. The van der Waals surface area contributed by atoms with Crippen LogP contribution in [-0.2, 0) is 4.79 Å². The maximum absolute atomic E-state index is 12.4. The Morgan fingerprint density at radius 3 is 2.40 bits per heavy atom. The summed E-state index contributed by atoms with van der Waals surface area (Å²) in [5, 5.41) is 21.6. The Morgan fingerprint density at radius 1 is 1.00 bits per heavy atom. The Kier molecular flexibility index (Phi) is 3.99. The quantitative estimate of drug-likeness (QED) is 0.754. The summed E-state index contributed by atoms with van der Waals surface area (Å²) in [5.74, 6) is 2.53. The molecule has 25 heavy (non-hydrogen) atoms. The fourth-order valence-electron chi connectivity index (χ4n) is 8.33. The first-order valence-electron chi connectivity index (χ1n) is 10.6. The molecule has 0 radical (unpaired) electrons. The first-order chi connectivity index (χ1) is 11.6. The zero-order chi connectivity index (χ0) is 18.2. The van der Waals surface area contributed by atoms with E-state index in [1.807, 2.05) is 0 Å². The maximum atomic E-state index is 12.4. The first-order valence-corrected chi connectivity index (χ1v) is 10.6. The van der Waals surface area contributed by atoms with E-state index in [2.05, 4.69) is 20.8 Å². The van der Waals surface area contributed by atoms with Gasteiger partial charge >= 0.3 is 0 Å². The summed E-state index contributed by atoms with van der Waals surface area (Å²) in [6.45, 7) is 8.37. The molecule has 142 valence electrons. The van der Waals surface area contributed by atoms with Crippen molar-refractivity contribution >= 4 is 5.78 Å². The molecular formula is C22H36O3. The zero-order valence-electron chi connectivity index (χ0n) is 16.4. The molecule has 0 heterocycles. The van der Waals surface area contributed by atoms with Crippen molar-refractivity contribution < 1.29 is 15.0 Å². The molecule has 0 aliphatic heterocycles. The van der Waals surface area contributed by atoms with Crippen LogP contribution in [0.4, 0.5) is 0 Å². The largest absolute Gasteiger partial charge is 0.393 e. The van der Waals surface area contributed by atoms with Crippen LogP contribution < -0.4 is 0 Å². The number of hydrogen-bond donors (Lipinski definition) is 2. The first kappa shape index (κ1) is 18.0. The van der Waals surface area contributed by atoms with Crippen molar-refractivity contribution in [3.05, 3.63) is 0 Å². The highest BCUT2D eigenvalue weighted by molar-refractivity contribution is 5.86. The number of carbonyl (C=O) groups excluding carboxylic acids is 1. The summed E-state index contributed by atoms with van der Waals surface area (Å²) in [4.78, 5) is 12.4. The van der Waals surface area contributed by atoms with Crippen molar-refractivity contribution in [3.63, 3.8) is 0 Å². The van der Waals surface area contributed by atoms with Gasteiger partial charge in [-0.15, -0.1) is 0 Å². The summed E-state index contributed by atoms with van der Waals surface area (Å²) in [6.07, 6.45) is 8.53. The highest BCUT2D eigenvalue weighted by Crippen LogP contribution is 2.69. The molecule has 4 fully saturated rings. The van der Waals surface area contributed by atoms with Crippen LogP contribution in [0.15, 0.2) is 0 Å². The fraction of sp³-hybridized carbons (Fsp3) is 0.955. The molecule has 0 saturated heterocycles. The van der Waals surface area contributed by atoms with Gasteiger partial charge in [0.2, 0.25) is 0 Å². The second-order valence-corrected chi connectivity index (χ2v) is 10.5. The lowest BCUT2D eigenvalue weighted by atomic mass is 9.44. The number of hydrogen-bond acceptors (Lipinski definition) is 3. The van der Waals surface area contributed by atoms with Crippen molar-refractivity contribution in [2.24, 2.45) is 40.4 Å². The number of fused-ring (bicyclic) bond motifs is 5. The van der Waals surface area contributed by atoms with Gasteiger partial charge in [-0.05, 0) is 93.3 Å². The van der Waals surface area contributed by atoms with Gasteiger partial charge in [-0.2, -0.15) is 0 Å². The van der Waals surface area contributed by atoms with E-state index >= 15 is 0 Å². The van der Waals surface area contributed by atoms with Crippen molar-refractivity contribution in [1.29, 1.82) is 0 Å². The van der Waals surface area contributed by atoms with Gasteiger partial charge in [0.15, 0.2) is 5.78 Å². The molecule has 9 atom stereocenters. The summed E-state index contributed by atoms with van der Waals surface area (Å²) in [5.41, 5.74) is -1.04. The third kappa shape index (κ3) is 2.15. The third-order valence-corrected chi connectivity index (χ3v) is 9.76. The Hall–Kier alpha value is -0.410. The lowest BCUT2D eigenvalue weighted by Gasteiger charge is -2.61. The van der Waals surface area contributed by atoms with Crippen molar-refractivity contribution in [3.8, 4) is 0 Å². The highest BCUT2D eigenvalue weighted by Gasteiger charge is 2.68. The Balaban J connectivity index is 1.67. The number of aliphatic hydroxyl groups excluding tert-OH is 1. The second-order valence-electron chi connectivity index (χ2n) is 10.5. The molecule has 4 rings (SSSR count). The lowest BCUT2D eigenvalue weighted by molar-refractivity contribution is -0.175. The Labute approximate surface area is 152 Å². The van der Waals surface area contributed by atoms with E-state index in [0.29, 0.717) is 29.1 Å². The smallest absolute Gasteiger partial charge is 0.162 e. The predicted molar refractivity (Wildman–Crippen MR) is 97.9 cm³/mol. The van der Waals surface area contributed by atoms with Gasteiger partial charge in [-0.3, -0.25) is 4.79 Å². The zero-order valence-corrected chi connectivity index (χ0v) is 16.4. The lowest BCUT2D eigenvalue weighted by Crippen LogP contribution is -2.59. The molecule has 0 spiro atoms. The monoisotopic (exact) mass is 348 g/mol. The van der Waals surface area contributed by atoms with E-state index in [1.54, 1.807) is 6.92 Å². The number of ketones is 1. The van der Waals surface area contributed by atoms with E-state index in [9.17, 15) is 15.0 Å². The van der Waals surface area contributed by atoms with Crippen LogP contribution in [0.5, 0.6) is 0 Å². The fourth-order valence-corrected chi connectivity index (χ4v) is 8.33. The normalized spacial score (nSPS) is 58.2. The van der Waals surface area contributed by atoms with Crippen LogP contribution in [0.1, 0.15) is 79.1 Å². The van der Waals surface area contributed by atoms with Gasteiger partial charge in [-0.1, -0.05) is 20.8 Å². The number of carbonyl (C=O) groups is 1. The number of aliphatic hydroxyl groups is 2. The van der Waals surface area contributed by atoms with Gasteiger partial charge < -0.3 is 10.2 Å². The van der Waals surface area contributed by atoms with Gasteiger partial charge in [0.05, 0.1) is 6.10 Å². The average Bonchev–Trinajstić information content (AvgIpc) is 2.77. The molecule has 0 aromatic rings. The molecule has 4 aliphatic carbocycles. The predicted octanol–water partition coefficient (Wildman–Crippen LogP) is 3.96. The molecule has 4 aliphatic rings. The van der Waals surface area contributed by atoms with Crippen LogP contribution in [0.25, 0.3) is 0 Å². The Bertz CT molecular complexity index is 574. The average molecular weight is 349 g/mol. The minimum absolute atomic E-state index is 0.0239. The third-order valence-electron chi connectivity index (χ3n) is 9.76. The minimum atomic E-state index is -1.14. The molecule has 0 unspecified atom stereocenters. The Morgan fingerprint density at radius 2 is 1.72 bits per heavy atom. The molecule has 0 aromatic carbocycles. The molecule has 3 heteroatoms. The SMILES string of the molecule is CC(=O)[C@]1(O)[C@@H](C)C[C@H]2[C@@H]3CC[C@@H]4C[C@H](O)CC[C@@]4(C)[C@@H]3CC[C@]21C. The van der Waals surface area contributed by atoms with E-state index in [1.165, 1.54) is 12.8 Å². The van der Waals surface area contributed by atoms with E-state index in [-0.39, 0.29) is 23.2 Å². The van der Waals surface area contributed by atoms with E-state index in [4.69, 9.17) is 0 Å². The van der Waals surface area contributed by atoms with Crippen LogP contribution in [0.3, 0.4) is 0 Å². The summed E-state index contributed by atoms with van der Waals surface area (Å²) in [7, 11) is 0. The van der Waals surface area contributed by atoms with Gasteiger partial charge in [0.25, 0.3) is 0 Å². The van der Waals surface area contributed by atoms with Crippen molar-refractivity contribution in [2.75, 3.05) is 0 Å². The molecular weight excluding hydrogens is 312 g/mol. The molecule has 2 N–H and O–H groups in total. The molecule has 0 amide bonds. The van der Waals surface area contributed by atoms with E-state index in [0.717, 1.165) is 38.5 Å². The summed E-state index contributed by atoms with van der Waals surface area (Å²) >= 11 is 0. The minimum Gasteiger partial charge on any atom is -0.393 e. The maximum Gasteiger partial charge on any atom is 0.162 e. The van der Waals surface area contributed by atoms with Gasteiger partial charge in [0.1, 0.15) is 5.60 Å². The molecule has 0 bridgehead atoms. The van der Waals surface area contributed by atoms with Gasteiger partial charge in [0, 0.05) is 5.41 Å². The van der Waals surface area contributed by atoms with Crippen LogP contribution >= 0.6 is 0 Å². The highest BCUT2D eigenvalue weighted by atomic mass is 16.3. The second kappa shape index (κ2) is 5.55. The van der Waals surface area contributed by atoms with Crippen molar-refractivity contribution in [2.45, 2.75) is 90.8 Å². The topological polar surface area (TPSA) is 57.5 Å². The number of Topliss-reactive ketones (excluding diaryl/α,β-unsaturated/α-hetero) is 1. The van der Waals surface area contributed by atoms with Crippen LogP contribution in [0.2, 0.25) is 0 Å². The van der Waals surface area contributed by atoms with Crippen LogP contribution in [0, 0.1) is 40.4 Å². The molecule has 4 saturated carbocycles. The van der Waals surface area contributed by atoms with Crippen LogP contribution in [-0.4, -0.2) is 27.7 Å². The number of rotatable bonds is 1. The van der Waals surface area contributed by atoms with E-state index < -0.39 is 5.60 Å².